The number of allylic oxidation sites excluding steroid dienone is 4. The van der Waals surface area contributed by atoms with Crippen LogP contribution in [0.1, 0.15) is 111 Å². The van der Waals surface area contributed by atoms with E-state index in [4.69, 9.17) is 27.4 Å². The van der Waals surface area contributed by atoms with E-state index in [0.717, 1.165) is 29.3 Å². The molecule has 1 atom stereocenters. The van der Waals surface area contributed by atoms with E-state index in [9.17, 15) is 0 Å². The summed E-state index contributed by atoms with van der Waals surface area (Å²) in [5, 5.41) is 1.50. The molecule has 0 saturated heterocycles. The van der Waals surface area contributed by atoms with E-state index in [-0.39, 0.29) is 41.1 Å². The van der Waals surface area contributed by atoms with Gasteiger partial charge in [-0.25, -0.2) is 0 Å². The van der Waals surface area contributed by atoms with Gasteiger partial charge in [0.15, 0.2) is 0 Å². The Balaban J connectivity index is 0.00000302. The van der Waals surface area contributed by atoms with Gasteiger partial charge >= 0.3 is 316 Å². The van der Waals surface area contributed by atoms with Crippen molar-refractivity contribution < 1.29 is 18.3 Å². The van der Waals surface area contributed by atoms with Crippen molar-refractivity contribution in [2.45, 2.75) is 106 Å². The van der Waals surface area contributed by atoms with Gasteiger partial charge in [0.2, 0.25) is 0 Å². The van der Waals surface area contributed by atoms with E-state index < -0.39 is 18.3 Å². The molecule has 0 fully saturated rings. The Labute approximate surface area is 337 Å². The van der Waals surface area contributed by atoms with Gasteiger partial charge in [-0.3, -0.25) is 0 Å². The van der Waals surface area contributed by atoms with Crippen LogP contribution in [0.25, 0.3) is 11.1 Å². The van der Waals surface area contributed by atoms with Gasteiger partial charge in [0.1, 0.15) is 0 Å². The molecule has 0 nitrogen and oxygen atoms in total. The van der Waals surface area contributed by atoms with Gasteiger partial charge in [-0.1, -0.05) is 0 Å². The predicted molar refractivity (Wildman–Crippen MR) is 234 cm³/mol. The molecule has 0 aliphatic heterocycles. The summed E-state index contributed by atoms with van der Waals surface area (Å²) >= 11 is 8.26. The average molecular weight is 856 g/mol. The third-order valence-corrected chi connectivity index (χ3v) is 28.6. The van der Waals surface area contributed by atoms with E-state index in [1.165, 1.54) is 58.5 Å². The first-order valence-corrected chi connectivity index (χ1v) is 26.0. The van der Waals surface area contributed by atoms with Crippen LogP contribution in [0, 0.1) is 11.3 Å². The van der Waals surface area contributed by atoms with Crippen LogP contribution in [0.4, 0.5) is 0 Å². The molecule has 0 radical (unpaired) electrons. The number of hydrogen-bond donors (Lipinski definition) is 0. The second-order valence-electron chi connectivity index (χ2n) is 18.3. The molecule has 0 amide bonds. The number of hydrogen-bond acceptors (Lipinski definition) is 0. The van der Waals surface area contributed by atoms with Crippen molar-refractivity contribution in [2.75, 3.05) is 0 Å². The zero-order valence-electron chi connectivity index (χ0n) is 32.8. The van der Waals surface area contributed by atoms with Crippen LogP contribution < -0.4 is 9.81 Å². The summed E-state index contributed by atoms with van der Waals surface area (Å²) < 4.78 is 11.5. The summed E-state index contributed by atoms with van der Waals surface area (Å²) in [6.45, 7) is 23.4. The average Bonchev–Trinajstić information content (AvgIpc) is 3.65. The van der Waals surface area contributed by atoms with Crippen LogP contribution in [0.3, 0.4) is 0 Å². The van der Waals surface area contributed by atoms with Crippen LogP contribution in [-0.4, -0.2) is 4.21 Å². The Morgan fingerprint density at radius 2 is 1.19 bits per heavy atom. The van der Waals surface area contributed by atoms with Gasteiger partial charge in [0, 0.05) is 0 Å². The predicted octanol–water partition coefficient (Wildman–Crippen LogP) is 13.1. The molecule has 0 bridgehead atoms. The molecule has 0 spiro atoms. The van der Waals surface area contributed by atoms with Crippen LogP contribution in [0.2, 0.25) is 10.0 Å². The van der Waals surface area contributed by atoms with Crippen molar-refractivity contribution in [1.82, 2.24) is 0 Å². The van der Waals surface area contributed by atoms with E-state index in [2.05, 4.69) is 160 Å². The minimum absolute atomic E-state index is 0. The fourth-order valence-electron chi connectivity index (χ4n) is 8.60. The third-order valence-electron chi connectivity index (χ3n) is 11.8. The van der Waals surface area contributed by atoms with Crippen molar-refractivity contribution in [3.05, 3.63) is 132 Å². The molecule has 0 aromatic heterocycles. The molecule has 4 aromatic rings. The van der Waals surface area contributed by atoms with Gasteiger partial charge in [-0.05, 0) is 0 Å². The van der Waals surface area contributed by atoms with Crippen LogP contribution >= 0.6 is 48.0 Å². The molecular formula is C47H58Cl4Zr. The molecule has 2 aliphatic rings. The van der Waals surface area contributed by atoms with Crippen LogP contribution in [0.15, 0.2) is 99.9 Å². The van der Waals surface area contributed by atoms with Crippen LogP contribution in [0.5, 0.6) is 0 Å². The van der Waals surface area contributed by atoms with E-state index in [0.29, 0.717) is 5.92 Å². The number of halogens is 4. The van der Waals surface area contributed by atoms with Crippen molar-refractivity contribution in [3.63, 3.8) is 0 Å². The SMILES string of the molecule is Cl.Cl.[CH2]=[Zr]([C]1=CC(C(C)(C)C)=CC1CCCC)([c]1ccc(Cl)cc1)([c]1ccc(Cl)cc1)[c]1cc(C(C)(C)C)cc2c1Cc1ccc(C(C)(C)C)cc1-2. The van der Waals surface area contributed by atoms with Gasteiger partial charge in [-0.15, -0.1) is 24.8 Å². The molecule has 52 heavy (non-hydrogen) atoms. The van der Waals surface area contributed by atoms with E-state index in [1.54, 1.807) is 0 Å². The van der Waals surface area contributed by atoms with E-state index >= 15 is 0 Å². The Bertz CT molecular complexity index is 2030. The summed E-state index contributed by atoms with van der Waals surface area (Å²) in [5.74, 6) is 0.295. The van der Waals surface area contributed by atoms with Gasteiger partial charge in [-0.2, -0.15) is 0 Å². The first-order valence-electron chi connectivity index (χ1n) is 18.6. The third kappa shape index (κ3) is 7.34. The second kappa shape index (κ2) is 15.1. The Morgan fingerprint density at radius 1 is 0.673 bits per heavy atom. The molecule has 0 heterocycles. The maximum absolute atomic E-state index is 6.71. The summed E-state index contributed by atoms with van der Waals surface area (Å²) in [4.78, 5) is 0. The Kier molecular flexibility index (Phi) is 12.5. The molecule has 6 rings (SSSR count). The van der Waals surface area contributed by atoms with Crippen molar-refractivity contribution in [3.8, 4) is 11.1 Å². The van der Waals surface area contributed by atoms with Gasteiger partial charge in [0.25, 0.3) is 0 Å². The topological polar surface area (TPSA) is 0 Å². The first kappa shape index (κ1) is 43.0. The molecule has 1 unspecified atom stereocenters. The van der Waals surface area contributed by atoms with Crippen molar-refractivity contribution in [2.24, 2.45) is 11.3 Å². The summed E-state index contributed by atoms with van der Waals surface area (Å²) in [5.41, 5.74) is 9.77. The minimum atomic E-state index is -5.16. The normalized spacial score (nSPS) is 16.0. The number of benzene rings is 4. The second-order valence-corrected chi connectivity index (χ2v) is 31.9. The first-order chi connectivity index (χ1) is 23.3. The summed E-state index contributed by atoms with van der Waals surface area (Å²) in [6.07, 6.45) is 9.56. The number of fused-ring (bicyclic) bond motifs is 3. The molecule has 0 saturated carbocycles. The fourth-order valence-corrected chi connectivity index (χ4v) is 25.1. The molecule has 5 heteroatoms. The Hall–Kier alpha value is -1.73. The zero-order chi connectivity index (χ0) is 36.5. The molecule has 278 valence electrons. The zero-order valence-corrected chi connectivity index (χ0v) is 38.4. The van der Waals surface area contributed by atoms with Crippen molar-refractivity contribution in [1.29, 1.82) is 0 Å². The summed E-state index contributed by atoms with van der Waals surface area (Å²) in [7, 11) is 0. The number of unbranched alkanes of at least 4 members (excludes halogenated alkanes) is 1. The number of rotatable bonds is 7. The van der Waals surface area contributed by atoms with E-state index in [1.807, 2.05) is 0 Å². The molecule has 4 aromatic carbocycles. The Morgan fingerprint density at radius 3 is 1.67 bits per heavy atom. The molecule has 0 N–H and O–H groups in total. The summed E-state index contributed by atoms with van der Waals surface area (Å²) in [6, 6.07) is 30.0. The molecular weight excluding hydrogens is 798 g/mol. The van der Waals surface area contributed by atoms with Gasteiger partial charge < -0.3 is 0 Å². The fraction of sp³-hybridized carbons (Fsp3) is 0.383. The maximum atomic E-state index is 6.71. The standard InChI is InChI=1S/C21H25.C13H21.2C6H4Cl.CH2.2ClH.Zr/c1-20(2,3)16-9-7-14-11-15-8-10-17(21(4,5)6)13-19(15)18(14)12-16;1-5-6-7-11-8-9-12(10-11)13(2,3)4;2*7-6-4-2-1-3-5-6;;;;/h7,9-10,12-13H,11H2,1-6H3;9-11H,5-7H2,1-4H3;2*2-5H;1H2;2*1H;. The quantitative estimate of drug-likeness (QED) is 0.153. The monoisotopic (exact) mass is 852 g/mol. The van der Waals surface area contributed by atoms with Crippen molar-refractivity contribution >= 4 is 62.0 Å². The molecule has 2 aliphatic carbocycles. The van der Waals surface area contributed by atoms with Gasteiger partial charge in [0.05, 0.1) is 0 Å². The van der Waals surface area contributed by atoms with Crippen LogP contribution in [-0.2, 0) is 35.5 Å².